The first-order chi connectivity index (χ1) is 7.58. The van der Waals surface area contributed by atoms with Crippen molar-refractivity contribution in [1.29, 1.82) is 0 Å². The van der Waals surface area contributed by atoms with Crippen LogP contribution in [0.25, 0.3) is 0 Å². The van der Waals surface area contributed by atoms with Gasteiger partial charge in [0.25, 0.3) is 0 Å². The summed E-state index contributed by atoms with van der Waals surface area (Å²) in [6.45, 7) is 0. The van der Waals surface area contributed by atoms with E-state index in [4.69, 9.17) is 10.5 Å². The Morgan fingerprint density at radius 3 is 2.75 bits per heavy atom. The van der Waals surface area contributed by atoms with Gasteiger partial charge >= 0.3 is 5.97 Å². The maximum atomic E-state index is 13.1. The highest BCUT2D eigenvalue weighted by molar-refractivity contribution is 9.10. The van der Waals surface area contributed by atoms with E-state index in [-0.39, 0.29) is 17.4 Å². The smallest absolute Gasteiger partial charge is 0.339 e. The molecule has 1 aliphatic carbocycles. The SMILES string of the molecule is Nc1cc(C(=O)OC2CCC2)c(Br)cc1F. The maximum absolute atomic E-state index is 13.1. The first kappa shape index (κ1) is 11.4. The monoisotopic (exact) mass is 287 g/mol. The van der Waals surface area contributed by atoms with Crippen molar-refractivity contribution in [2.75, 3.05) is 5.73 Å². The summed E-state index contributed by atoms with van der Waals surface area (Å²) in [5, 5.41) is 0. The summed E-state index contributed by atoms with van der Waals surface area (Å²) in [6.07, 6.45) is 2.90. The Morgan fingerprint density at radius 2 is 2.19 bits per heavy atom. The minimum atomic E-state index is -0.549. The van der Waals surface area contributed by atoms with E-state index < -0.39 is 11.8 Å². The fraction of sp³-hybridized carbons (Fsp3) is 0.364. The van der Waals surface area contributed by atoms with Gasteiger partial charge < -0.3 is 10.5 Å². The van der Waals surface area contributed by atoms with Crippen LogP contribution in [0.1, 0.15) is 29.6 Å². The molecule has 0 aliphatic heterocycles. The molecule has 86 valence electrons. The molecule has 0 saturated heterocycles. The molecular weight excluding hydrogens is 277 g/mol. The molecule has 3 nitrogen and oxygen atoms in total. The molecule has 0 spiro atoms. The van der Waals surface area contributed by atoms with Crippen LogP contribution in [-0.2, 0) is 4.74 Å². The van der Waals surface area contributed by atoms with Gasteiger partial charge in [0, 0.05) is 4.47 Å². The molecule has 1 aliphatic rings. The third-order valence-corrected chi connectivity index (χ3v) is 3.29. The van der Waals surface area contributed by atoms with Crippen LogP contribution >= 0.6 is 15.9 Å². The Balaban J connectivity index is 2.18. The van der Waals surface area contributed by atoms with Crippen LogP contribution in [0.2, 0.25) is 0 Å². The van der Waals surface area contributed by atoms with Gasteiger partial charge in [-0.25, -0.2) is 9.18 Å². The van der Waals surface area contributed by atoms with Crippen LogP contribution in [0, 0.1) is 5.82 Å². The lowest BCUT2D eigenvalue weighted by Gasteiger charge is -2.25. The minimum absolute atomic E-state index is 0.00526. The second-order valence-electron chi connectivity index (χ2n) is 3.81. The van der Waals surface area contributed by atoms with E-state index in [0.29, 0.717) is 4.47 Å². The summed E-state index contributed by atoms with van der Waals surface area (Å²) >= 11 is 3.12. The number of hydrogen-bond acceptors (Lipinski definition) is 3. The number of rotatable bonds is 2. The van der Waals surface area contributed by atoms with Crippen molar-refractivity contribution in [3.05, 3.63) is 28.0 Å². The zero-order valence-electron chi connectivity index (χ0n) is 8.50. The van der Waals surface area contributed by atoms with Gasteiger partial charge in [-0.15, -0.1) is 0 Å². The molecule has 0 radical (unpaired) electrons. The fourth-order valence-electron chi connectivity index (χ4n) is 1.43. The van der Waals surface area contributed by atoms with Gasteiger partial charge in [-0.1, -0.05) is 0 Å². The summed E-state index contributed by atoms with van der Waals surface area (Å²) in [7, 11) is 0. The highest BCUT2D eigenvalue weighted by Gasteiger charge is 2.24. The molecule has 0 aromatic heterocycles. The summed E-state index contributed by atoms with van der Waals surface area (Å²) < 4.78 is 18.6. The van der Waals surface area contributed by atoms with E-state index in [2.05, 4.69) is 15.9 Å². The largest absolute Gasteiger partial charge is 0.459 e. The molecule has 0 amide bonds. The molecule has 0 heterocycles. The molecule has 1 fully saturated rings. The number of nitrogen functional groups attached to an aromatic ring is 1. The van der Waals surface area contributed by atoms with Crippen LogP contribution in [0.5, 0.6) is 0 Å². The normalized spacial score (nSPS) is 15.6. The molecule has 1 aromatic rings. The van der Waals surface area contributed by atoms with Gasteiger partial charge in [-0.05, 0) is 47.3 Å². The standard InChI is InChI=1S/C11H11BrFNO2/c12-8-5-9(13)10(14)4-7(8)11(15)16-6-2-1-3-6/h4-6H,1-3,14H2. The summed E-state index contributed by atoms with van der Waals surface area (Å²) in [6, 6.07) is 2.47. The number of benzene rings is 1. The number of nitrogens with two attached hydrogens (primary N) is 1. The third kappa shape index (κ3) is 2.19. The van der Waals surface area contributed by atoms with E-state index in [1.165, 1.54) is 12.1 Å². The van der Waals surface area contributed by atoms with E-state index in [1.807, 2.05) is 0 Å². The van der Waals surface area contributed by atoms with E-state index in [1.54, 1.807) is 0 Å². The highest BCUT2D eigenvalue weighted by atomic mass is 79.9. The van der Waals surface area contributed by atoms with E-state index >= 15 is 0 Å². The van der Waals surface area contributed by atoms with Crippen LogP contribution in [0.15, 0.2) is 16.6 Å². The second-order valence-corrected chi connectivity index (χ2v) is 4.67. The molecule has 5 heteroatoms. The first-order valence-corrected chi connectivity index (χ1v) is 5.82. The Kier molecular flexibility index (Phi) is 3.14. The number of hydrogen-bond donors (Lipinski definition) is 1. The molecule has 16 heavy (non-hydrogen) atoms. The predicted octanol–water partition coefficient (Wildman–Crippen LogP) is 2.88. The highest BCUT2D eigenvalue weighted by Crippen LogP contribution is 2.27. The van der Waals surface area contributed by atoms with Gasteiger partial charge in [-0.3, -0.25) is 0 Å². The van der Waals surface area contributed by atoms with Crippen molar-refractivity contribution < 1.29 is 13.9 Å². The average molecular weight is 288 g/mol. The van der Waals surface area contributed by atoms with Gasteiger partial charge in [0.1, 0.15) is 11.9 Å². The molecule has 0 bridgehead atoms. The number of ether oxygens (including phenoxy) is 1. The van der Waals surface area contributed by atoms with Crippen LogP contribution in [-0.4, -0.2) is 12.1 Å². The Hall–Kier alpha value is -1.10. The molecule has 1 saturated carbocycles. The Morgan fingerprint density at radius 1 is 1.50 bits per heavy atom. The molecule has 1 aromatic carbocycles. The quantitative estimate of drug-likeness (QED) is 0.672. The lowest BCUT2D eigenvalue weighted by atomic mass is 9.96. The van der Waals surface area contributed by atoms with E-state index in [9.17, 15) is 9.18 Å². The number of esters is 1. The summed E-state index contributed by atoms with van der Waals surface area (Å²) in [5.74, 6) is -1.00. The van der Waals surface area contributed by atoms with Crippen molar-refractivity contribution in [3.8, 4) is 0 Å². The molecule has 2 N–H and O–H groups in total. The minimum Gasteiger partial charge on any atom is -0.459 e. The van der Waals surface area contributed by atoms with Crippen molar-refractivity contribution >= 4 is 27.6 Å². The van der Waals surface area contributed by atoms with Crippen LogP contribution < -0.4 is 5.73 Å². The number of carbonyl (C=O) groups excluding carboxylic acids is 1. The number of halogens is 2. The fourth-order valence-corrected chi connectivity index (χ4v) is 1.90. The van der Waals surface area contributed by atoms with Gasteiger partial charge in [0.15, 0.2) is 0 Å². The maximum Gasteiger partial charge on any atom is 0.339 e. The molecular formula is C11H11BrFNO2. The second kappa shape index (κ2) is 4.41. The van der Waals surface area contributed by atoms with Crippen molar-refractivity contribution in [2.45, 2.75) is 25.4 Å². The van der Waals surface area contributed by atoms with Crippen LogP contribution in [0.4, 0.5) is 10.1 Å². The van der Waals surface area contributed by atoms with Crippen molar-refractivity contribution in [1.82, 2.24) is 0 Å². The van der Waals surface area contributed by atoms with Gasteiger partial charge in [0.2, 0.25) is 0 Å². The number of carbonyl (C=O) groups is 1. The third-order valence-electron chi connectivity index (χ3n) is 2.63. The van der Waals surface area contributed by atoms with Crippen molar-refractivity contribution in [2.24, 2.45) is 0 Å². The molecule has 0 unspecified atom stereocenters. The van der Waals surface area contributed by atoms with Crippen molar-refractivity contribution in [3.63, 3.8) is 0 Å². The van der Waals surface area contributed by atoms with Gasteiger partial charge in [-0.2, -0.15) is 0 Å². The summed E-state index contributed by atoms with van der Waals surface area (Å²) in [4.78, 5) is 11.7. The summed E-state index contributed by atoms with van der Waals surface area (Å²) in [5.41, 5.74) is 5.62. The first-order valence-electron chi connectivity index (χ1n) is 5.03. The lowest BCUT2D eigenvalue weighted by Crippen LogP contribution is -2.25. The predicted molar refractivity (Wildman–Crippen MR) is 61.6 cm³/mol. The van der Waals surface area contributed by atoms with Crippen LogP contribution in [0.3, 0.4) is 0 Å². The van der Waals surface area contributed by atoms with E-state index in [0.717, 1.165) is 19.3 Å². The Labute approximate surface area is 101 Å². The zero-order valence-corrected chi connectivity index (χ0v) is 10.1. The molecule has 2 rings (SSSR count). The van der Waals surface area contributed by atoms with Gasteiger partial charge in [0.05, 0.1) is 11.3 Å². The Bertz CT molecular complexity index is 432. The lowest BCUT2D eigenvalue weighted by molar-refractivity contribution is 0.00891. The molecule has 0 atom stereocenters. The number of anilines is 1. The average Bonchev–Trinajstić information content (AvgIpc) is 2.17. The topological polar surface area (TPSA) is 52.3 Å². The zero-order chi connectivity index (χ0) is 11.7.